The normalized spacial score (nSPS) is 12.2. The summed E-state index contributed by atoms with van der Waals surface area (Å²) in [7, 11) is 0. The number of rotatable bonds is 46. The van der Waals surface area contributed by atoms with Crippen molar-refractivity contribution in [1.29, 1.82) is 0 Å². The summed E-state index contributed by atoms with van der Waals surface area (Å²) in [5.41, 5.74) is 0. The zero-order valence-corrected chi connectivity index (χ0v) is 40.5. The Morgan fingerprint density at radius 3 is 1.34 bits per heavy atom. The first-order valence-corrected chi connectivity index (χ1v) is 24.5. The number of amides is 5. The average molecular weight is 915 g/mol. The van der Waals surface area contributed by atoms with Crippen molar-refractivity contribution in [2.24, 2.45) is 0 Å². The van der Waals surface area contributed by atoms with Crippen LogP contribution in [0.25, 0.3) is 0 Å². The molecule has 0 fully saturated rings. The van der Waals surface area contributed by atoms with E-state index in [9.17, 15) is 33.9 Å². The van der Waals surface area contributed by atoms with Gasteiger partial charge in [0.15, 0.2) is 0 Å². The maximum absolute atomic E-state index is 12.4. The van der Waals surface area contributed by atoms with E-state index in [1.165, 1.54) is 64.2 Å². The number of carboxylic acids is 1. The predicted octanol–water partition coefficient (Wildman–Crippen LogP) is 5.07. The highest BCUT2D eigenvalue weighted by Gasteiger charge is 2.21. The van der Waals surface area contributed by atoms with Crippen LogP contribution < -0.4 is 31.9 Å². The van der Waals surface area contributed by atoms with Gasteiger partial charge in [0.2, 0.25) is 29.5 Å². The lowest BCUT2D eigenvalue weighted by atomic mass is 10.0. The molecule has 374 valence electrons. The molecule has 0 rings (SSSR count). The number of ether oxygens (including phenoxy) is 4. The quantitative estimate of drug-likeness (QED) is 0.0397. The number of nitrogens with one attached hydrogen (secondary N) is 6. The topological polar surface area (TPSA) is 232 Å². The summed E-state index contributed by atoms with van der Waals surface area (Å²) in [5, 5.41) is 26.7. The van der Waals surface area contributed by atoms with Gasteiger partial charge in [-0.1, -0.05) is 97.8 Å². The highest BCUT2D eigenvalue weighted by atomic mass is 16.5. The number of carbonyl (C=O) groups excluding carboxylic acids is 5. The van der Waals surface area contributed by atoms with Gasteiger partial charge in [-0.15, -0.1) is 0 Å². The lowest BCUT2D eigenvalue weighted by molar-refractivity contribution is -0.142. The van der Waals surface area contributed by atoms with Gasteiger partial charge in [0.1, 0.15) is 6.04 Å². The van der Waals surface area contributed by atoms with Crippen LogP contribution in [0.1, 0.15) is 169 Å². The molecule has 0 aliphatic rings. The summed E-state index contributed by atoms with van der Waals surface area (Å²) < 4.78 is 21.8. The molecule has 0 radical (unpaired) electrons. The summed E-state index contributed by atoms with van der Waals surface area (Å²) in [6.45, 7) is 13.6. The van der Waals surface area contributed by atoms with Gasteiger partial charge >= 0.3 is 5.97 Å². The van der Waals surface area contributed by atoms with Gasteiger partial charge in [0.25, 0.3) is 0 Å². The molecule has 0 aromatic carbocycles. The largest absolute Gasteiger partial charge is 0.480 e. The van der Waals surface area contributed by atoms with Gasteiger partial charge in [-0.25, -0.2) is 4.79 Å². The van der Waals surface area contributed by atoms with Gasteiger partial charge < -0.3 is 56.0 Å². The van der Waals surface area contributed by atoms with Gasteiger partial charge in [0.05, 0.1) is 58.9 Å². The Morgan fingerprint density at radius 1 is 0.422 bits per heavy atom. The summed E-state index contributed by atoms with van der Waals surface area (Å²) in [5.74, 6) is -2.03. The summed E-state index contributed by atoms with van der Waals surface area (Å²) in [4.78, 5) is 72.7. The molecule has 7 N–H and O–H groups in total. The number of aliphatic carboxylic acids is 1. The van der Waals surface area contributed by atoms with Crippen LogP contribution in [-0.4, -0.2) is 137 Å². The van der Waals surface area contributed by atoms with Crippen molar-refractivity contribution < 1.29 is 52.8 Å². The minimum absolute atomic E-state index is 0.00256. The standard InChI is InChI=1S/C47H90N6O11/c1-6-7-8-9-10-11-12-13-14-15-16-17-18-22-45(57)53-41(47(59)60)23-24-42(54)49-28-32-63-36-35-62-31-26-44(56)50-29-33-64-37-34-61-30-25-43(55)48-27-20-19-21-40(51-38(2)3)46(58)52-39(4)5/h38-41,51H,6-37H2,1-5H3,(H,48,55)(H,49,54)(H,50,56)(H,52,58)(H,53,57)(H,59,60). The van der Waals surface area contributed by atoms with E-state index >= 15 is 0 Å². The third-order valence-corrected chi connectivity index (χ3v) is 10.2. The van der Waals surface area contributed by atoms with E-state index in [0.29, 0.717) is 39.3 Å². The Balaban J connectivity index is 3.69. The molecule has 0 saturated carbocycles. The minimum Gasteiger partial charge on any atom is -0.480 e. The van der Waals surface area contributed by atoms with E-state index in [1.54, 1.807) is 0 Å². The zero-order chi connectivity index (χ0) is 47.5. The number of unbranched alkanes of at least 4 members (excludes halogenated alkanes) is 13. The van der Waals surface area contributed by atoms with Crippen LogP contribution >= 0.6 is 0 Å². The lowest BCUT2D eigenvalue weighted by Gasteiger charge is -2.22. The Hall–Kier alpha value is -3.38. The fourth-order valence-electron chi connectivity index (χ4n) is 6.65. The summed E-state index contributed by atoms with van der Waals surface area (Å²) in [6, 6.07) is -1.08. The SMILES string of the molecule is CCCCCCCCCCCCCCCC(=O)NC(CCC(=O)NCCOCCOCCC(=O)NCCOCCOCCC(=O)NCCCCC(NC(C)C)C(=O)NC(C)C)C(=O)O. The van der Waals surface area contributed by atoms with Gasteiger partial charge in [-0.2, -0.15) is 0 Å². The van der Waals surface area contributed by atoms with Crippen molar-refractivity contribution in [3.8, 4) is 0 Å². The molecule has 0 aliphatic heterocycles. The third kappa shape index (κ3) is 41.3. The molecule has 0 bridgehead atoms. The van der Waals surface area contributed by atoms with Crippen molar-refractivity contribution >= 4 is 35.5 Å². The van der Waals surface area contributed by atoms with E-state index in [0.717, 1.165) is 32.1 Å². The van der Waals surface area contributed by atoms with Crippen LogP contribution in [0.4, 0.5) is 0 Å². The summed E-state index contributed by atoms with van der Waals surface area (Å²) in [6.07, 6.45) is 18.7. The Morgan fingerprint density at radius 2 is 0.875 bits per heavy atom. The third-order valence-electron chi connectivity index (χ3n) is 10.2. The first kappa shape index (κ1) is 60.6. The number of hydrogen-bond donors (Lipinski definition) is 7. The molecule has 0 aliphatic carbocycles. The molecule has 2 atom stereocenters. The predicted molar refractivity (Wildman–Crippen MR) is 250 cm³/mol. The van der Waals surface area contributed by atoms with Crippen LogP contribution in [0.5, 0.6) is 0 Å². The van der Waals surface area contributed by atoms with Crippen molar-refractivity contribution in [1.82, 2.24) is 31.9 Å². The number of hydrogen-bond acceptors (Lipinski definition) is 11. The molecular weight excluding hydrogens is 825 g/mol. The minimum atomic E-state index is -1.16. The molecule has 0 spiro atoms. The van der Waals surface area contributed by atoms with Crippen LogP contribution in [0.3, 0.4) is 0 Å². The average Bonchev–Trinajstić information content (AvgIpc) is 3.24. The Labute approximate surface area is 385 Å². The molecule has 5 amide bonds. The molecule has 0 aromatic rings. The van der Waals surface area contributed by atoms with E-state index in [4.69, 9.17) is 18.9 Å². The molecule has 64 heavy (non-hydrogen) atoms. The maximum atomic E-state index is 12.4. The fourth-order valence-corrected chi connectivity index (χ4v) is 6.65. The zero-order valence-electron chi connectivity index (χ0n) is 40.5. The lowest BCUT2D eigenvalue weighted by Crippen LogP contribution is -2.48. The van der Waals surface area contributed by atoms with Crippen molar-refractivity contribution in [2.75, 3.05) is 72.5 Å². The molecular formula is C47H90N6O11. The van der Waals surface area contributed by atoms with Crippen LogP contribution in [0, 0.1) is 0 Å². The monoisotopic (exact) mass is 915 g/mol. The number of carboxylic acid groups (broad SMARTS) is 1. The highest BCUT2D eigenvalue weighted by molar-refractivity contribution is 5.84. The smallest absolute Gasteiger partial charge is 0.326 e. The van der Waals surface area contributed by atoms with Crippen molar-refractivity contribution in [2.45, 2.75) is 194 Å². The van der Waals surface area contributed by atoms with E-state index in [1.807, 2.05) is 27.7 Å². The Kier molecular flexibility index (Phi) is 41.2. The molecule has 17 heteroatoms. The van der Waals surface area contributed by atoms with E-state index < -0.39 is 12.0 Å². The molecule has 0 heterocycles. The van der Waals surface area contributed by atoms with Crippen molar-refractivity contribution in [3.05, 3.63) is 0 Å². The van der Waals surface area contributed by atoms with Crippen LogP contribution in [-0.2, 0) is 47.7 Å². The van der Waals surface area contributed by atoms with Gasteiger partial charge in [-0.3, -0.25) is 24.0 Å². The molecule has 0 saturated heterocycles. The molecule has 17 nitrogen and oxygen atoms in total. The van der Waals surface area contributed by atoms with Gasteiger partial charge in [0, 0.05) is 57.4 Å². The van der Waals surface area contributed by atoms with E-state index in [-0.39, 0.29) is 119 Å². The highest BCUT2D eigenvalue weighted by Crippen LogP contribution is 2.13. The molecule has 0 aromatic heterocycles. The maximum Gasteiger partial charge on any atom is 0.326 e. The van der Waals surface area contributed by atoms with Crippen LogP contribution in [0.15, 0.2) is 0 Å². The van der Waals surface area contributed by atoms with E-state index in [2.05, 4.69) is 38.8 Å². The molecule has 2 unspecified atom stereocenters. The number of carbonyl (C=O) groups is 6. The first-order chi connectivity index (χ1) is 30.8. The summed E-state index contributed by atoms with van der Waals surface area (Å²) >= 11 is 0. The Bertz CT molecular complexity index is 1210. The first-order valence-electron chi connectivity index (χ1n) is 24.5. The second-order valence-electron chi connectivity index (χ2n) is 17.0. The van der Waals surface area contributed by atoms with Crippen LogP contribution in [0.2, 0.25) is 0 Å². The van der Waals surface area contributed by atoms with Gasteiger partial charge in [-0.05, 0) is 46.0 Å². The van der Waals surface area contributed by atoms with Crippen molar-refractivity contribution in [3.63, 3.8) is 0 Å². The second kappa shape index (κ2) is 43.5. The fraction of sp³-hybridized carbons (Fsp3) is 0.872. The second-order valence-corrected chi connectivity index (χ2v) is 17.0.